The van der Waals surface area contributed by atoms with Gasteiger partial charge in [-0.15, -0.1) is 11.8 Å². The van der Waals surface area contributed by atoms with Gasteiger partial charge in [0.1, 0.15) is 0 Å². The summed E-state index contributed by atoms with van der Waals surface area (Å²) in [4.78, 5) is 24.3. The molecule has 2 N–H and O–H groups in total. The summed E-state index contributed by atoms with van der Waals surface area (Å²) in [5.74, 6) is -0.473. The fourth-order valence-corrected chi connectivity index (χ4v) is 3.80. The molecule has 2 atom stereocenters. The predicted octanol–water partition coefficient (Wildman–Crippen LogP) is 4.58. The largest absolute Gasteiger partial charge is 0.386 e. The number of carbonyl (C=O) groups excluding carboxylic acids is 1. The van der Waals surface area contributed by atoms with Gasteiger partial charge in [0.15, 0.2) is 0 Å². The van der Waals surface area contributed by atoms with Crippen molar-refractivity contribution in [2.24, 2.45) is 5.92 Å². The summed E-state index contributed by atoms with van der Waals surface area (Å²) < 4.78 is 0. The van der Waals surface area contributed by atoms with Gasteiger partial charge in [-0.3, -0.25) is 14.9 Å². The maximum absolute atomic E-state index is 13.0. The monoisotopic (exact) mass is 402 g/mol. The molecule has 28 heavy (non-hydrogen) atoms. The minimum Gasteiger partial charge on any atom is -0.386 e. The van der Waals surface area contributed by atoms with E-state index in [2.05, 4.69) is 5.32 Å². The zero-order valence-corrected chi connectivity index (χ0v) is 17.3. The van der Waals surface area contributed by atoms with Crippen LogP contribution in [0.1, 0.15) is 49.7 Å². The summed E-state index contributed by atoms with van der Waals surface area (Å²) in [6.07, 6.45) is -0.884. The van der Waals surface area contributed by atoms with E-state index in [-0.39, 0.29) is 22.4 Å². The van der Waals surface area contributed by atoms with E-state index in [1.54, 1.807) is 18.2 Å². The quantitative estimate of drug-likeness (QED) is 0.383. The Kier molecular flexibility index (Phi) is 7.60. The van der Waals surface area contributed by atoms with Crippen LogP contribution in [0.15, 0.2) is 53.4 Å². The van der Waals surface area contributed by atoms with Gasteiger partial charge < -0.3 is 10.4 Å². The highest BCUT2D eigenvalue weighted by atomic mass is 32.2. The molecule has 2 aromatic rings. The molecule has 150 valence electrons. The number of hydrogen-bond acceptors (Lipinski definition) is 5. The van der Waals surface area contributed by atoms with Crippen molar-refractivity contribution in [3.8, 4) is 0 Å². The molecular weight excluding hydrogens is 376 g/mol. The zero-order valence-electron chi connectivity index (χ0n) is 16.5. The molecule has 0 aliphatic carbocycles. The van der Waals surface area contributed by atoms with Crippen molar-refractivity contribution in [1.82, 2.24) is 5.32 Å². The SMILES string of the molecule is CC(C)Sc1ccc([N+](=O)[O-])cc1C(=O)N[C@@H](C(C)C)[C@@H](O)c1ccccc1. The molecule has 0 radical (unpaired) electrons. The van der Waals surface area contributed by atoms with Gasteiger partial charge in [-0.05, 0) is 17.5 Å². The zero-order chi connectivity index (χ0) is 20.8. The van der Waals surface area contributed by atoms with Crippen LogP contribution in [0.3, 0.4) is 0 Å². The molecule has 0 bridgehead atoms. The number of nitrogens with zero attached hydrogens (tertiary/aromatic N) is 1. The molecule has 2 aromatic carbocycles. The number of benzene rings is 2. The van der Waals surface area contributed by atoms with Crippen molar-refractivity contribution in [2.75, 3.05) is 0 Å². The Bertz CT molecular complexity index is 824. The molecular formula is C21H26N2O4S. The van der Waals surface area contributed by atoms with Crippen molar-refractivity contribution >= 4 is 23.4 Å². The Labute approximate surface area is 169 Å². The number of aliphatic hydroxyl groups is 1. The van der Waals surface area contributed by atoms with Gasteiger partial charge in [-0.25, -0.2) is 0 Å². The fraction of sp³-hybridized carbons (Fsp3) is 0.381. The first-order chi connectivity index (χ1) is 13.2. The predicted molar refractivity (Wildman–Crippen MR) is 112 cm³/mol. The second-order valence-corrected chi connectivity index (χ2v) is 8.82. The third kappa shape index (κ3) is 5.56. The maximum atomic E-state index is 13.0. The number of thioether (sulfide) groups is 1. The fourth-order valence-electron chi connectivity index (χ4n) is 2.86. The molecule has 2 rings (SSSR count). The molecule has 1 amide bonds. The molecule has 0 aromatic heterocycles. The Morgan fingerprint density at radius 3 is 2.29 bits per heavy atom. The van der Waals surface area contributed by atoms with E-state index < -0.39 is 23.0 Å². The number of hydrogen-bond donors (Lipinski definition) is 2. The number of rotatable bonds is 8. The molecule has 0 aliphatic rings. The summed E-state index contributed by atoms with van der Waals surface area (Å²) in [7, 11) is 0. The Hall–Kier alpha value is -2.38. The number of aliphatic hydroxyl groups excluding tert-OH is 1. The van der Waals surface area contributed by atoms with E-state index in [0.717, 1.165) is 0 Å². The lowest BCUT2D eigenvalue weighted by Gasteiger charge is -2.28. The van der Waals surface area contributed by atoms with Crippen molar-refractivity contribution < 1.29 is 14.8 Å². The standard InChI is InChI=1S/C21H26N2O4S/c1-13(2)19(20(24)15-8-6-5-7-9-15)22-21(25)17-12-16(23(26)27)10-11-18(17)28-14(3)4/h5-14,19-20,24H,1-4H3,(H,22,25)/t19-,20-/m0/s1. The summed E-state index contributed by atoms with van der Waals surface area (Å²) in [6.45, 7) is 7.80. The molecule has 0 aliphatic heterocycles. The first kappa shape index (κ1) is 21.9. The van der Waals surface area contributed by atoms with Crippen LogP contribution in [0.25, 0.3) is 0 Å². The Morgan fingerprint density at radius 1 is 1.11 bits per heavy atom. The smallest absolute Gasteiger partial charge is 0.270 e. The van der Waals surface area contributed by atoms with Gasteiger partial charge in [0.05, 0.1) is 22.6 Å². The number of nitrogens with one attached hydrogen (secondary N) is 1. The van der Waals surface area contributed by atoms with E-state index in [0.29, 0.717) is 10.5 Å². The van der Waals surface area contributed by atoms with Gasteiger partial charge in [0, 0.05) is 22.3 Å². The van der Waals surface area contributed by atoms with Crippen LogP contribution in [0.4, 0.5) is 5.69 Å². The maximum Gasteiger partial charge on any atom is 0.270 e. The highest BCUT2D eigenvalue weighted by Gasteiger charge is 2.28. The number of non-ortho nitro benzene ring substituents is 1. The minimum atomic E-state index is -0.884. The first-order valence-electron chi connectivity index (χ1n) is 9.19. The molecule has 7 heteroatoms. The minimum absolute atomic E-state index is 0.0425. The van der Waals surface area contributed by atoms with Gasteiger partial charge in [0.2, 0.25) is 0 Å². The molecule has 0 saturated heterocycles. The van der Waals surface area contributed by atoms with Crippen LogP contribution in [-0.4, -0.2) is 27.2 Å². The van der Waals surface area contributed by atoms with Gasteiger partial charge >= 0.3 is 0 Å². The Balaban J connectivity index is 2.34. The average molecular weight is 403 g/mol. The molecule has 0 saturated carbocycles. The second-order valence-electron chi connectivity index (χ2n) is 7.20. The summed E-state index contributed by atoms with van der Waals surface area (Å²) >= 11 is 1.47. The molecule has 0 spiro atoms. The Morgan fingerprint density at radius 2 is 1.75 bits per heavy atom. The van der Waals surface area contributed by atoms with Crippen LogP contribution < -0.4 is 5.32 Å². The number of carbonyl (C=O) groups is 1. The molecule has 0 fully saturated rings. The number of nitro benzene ring substituents is 1. The van der Waals surface area contributed by atoms with Crippen molar-refractivity contribution in [3.05, 3.63) is 69.8 Å². The van der Waals surface area contributed by atoms with E-state index in [1.165, 1.54) is 23.9 Å². The summed E-state index contributed by atoms with van der Waals surface area (Å²) in [6, 6.07) is 12.9. The van der Waals surface area contributed by atoms with Crippen molar-refractivity contribution in [1.29, 1.82) is 0 Å². The number of nitro groups is 1. The topological polar surface area (TPSA) is 92.5 Å². The lowest BCUT2D eigenvalue weighted by atomic mass is 9.93. The van der Waals surface area contributed by atoms with Crippen LogP contribution >= 0.6 is 11.8 Å². The average Bonchev–Trinajstić information content (AvgIpc) is 2.65. The third-order valence-corrected chi connectivity index (χ3v) is 5.36. The van der Waals surface area contributed by atoms with Gasteiger partial charge in [-0.1, -0.05) is 58.0 Å². The van der Waals surface area contributed by atoms with Crippen molar-refractivity contribution in [3.63, 3.8) is 0 Å². The summed E-state index contributed by atoms with van der Waals surface area (Å²) in [5, 5.41) is 25.0. The first-order valence-corrected chi connectivity index (χ1v) is 10.1. The van der Waals surface area contributed by atoms with Crippen LogP contribution in [0.5, 0.6) is 0 Å². The van der Waals surface area contributed by atoms with Crippen LogP contribution in [0, 0.1) is 16.0 Å². The highest BCUT2D eigenvalue weighted by Crippen LogP contribution is 2.30. The normalized spacial score (nSPS) is 13.4. The summed E-state index contributed by atoms with van der Waals surface area (Å²) in [5.41, 5.74) is 0.819. The van der Waals surface area contributed by atoms with Crippen LogP contribution in [0.2, 0.25) is 0 Å². The molecule has 0 heterocycles. The lowest BCUT2D eigenvalue weighted by molar-refractivity contribution is -0.384. The van der Waals surface area contributed by atoms with E-state index >= 15 is 0 Å². The third-order valence-electron chi connectivity index (χ3n) is 4.28. The van der Waals surface area contributed by atoms with Crippen molar-refractivity contribution in [2.45, 2.75) is 50.0 Å². The van der Waals surface area contributed by atoms with Crippen LogP contribution in [-0.2, 0) is 0 Å². The van der Waals surface area contributed by atoms with E-state index in [1.807, 2.05) is 45.9 Å². The second kappa shape index (κ2) is 9.71. The van der Waals surface area contributed by atoms with E-state index in [4.69, 9.17) is 0 Å². The highest BCUT2D eigenvalue weighted by molar-refractivity contribution is 8.00. The van der Waals surface area contributed by atoms with Gasteiger partial charge in [0.25, 0.3) is 11.6 Å². The molecule has 6 nitrogen and oxygen atoms in total. The molecule has 0 unspecified atom stereocenters. The van der Waals surface area contributed by atoms with Gasteiger partial charge in [-0.2, -0.15) is 0 Å². The lowest BCUT2D eigenvalue weighted by Crippen LogP contribution is -2.43. The number of amides is 1. The van der Waals surface area contributed by atoms with E-state index in [9.17, 15) is 20.0 Å².